The van der Waals surface area contributed by atoms with Crippen molar-refractivity contribution >= 4 is 15.8 Å². The van der Waals surface area contributed by atoms with Gasteiger partial charge in [-0.1, -0.05) is 55.4 Å². The first-order chi connectivity index (χ1) is 12.2. The molecule has 0 atom stereocenters. The third kappa shape index (κ3) is 11.4. The van der Waals surface area contributed by atoms with E-state index in [1.54, 1.807) is 11.8 Å². The molecule has 2 aliphatic carbocycles. The molecule has 2 fully saturated rings. The summed E-state index contributed by atoms with van der Waals surface area (Å²) >= 11 is 0. The summed E-state index contributed by atoms with van der Waals surface area (Å²) in [6.45, 7) is 19.2. The van der Waals surface area contributed by atoms with Gasteiger partial charge < -0.3 is 0 Å². The van der Waals surface area contributed by atoms with Crippen LogP contribution in [0.2, 0.25) is 0 Å². The third-order valence-electron chi connectivity index (χ3n) is 4.82. The maximum absolute atomic E-state index is 2.50. The van der Waals surface area contributed by atoms with Gasteiger partial charge in [0.05, 0.1) is 0 Å². The second-order valence-electron chi connectivity index (χ2n) is 8.31. The van der Waals surface area contributed by atoms with Gasteiger partial charge >= 0.3 is 0 Å². The number of rotatable bonds is 8. The fraction of sp³-hybridized carbons (Fsp3) is 0.583. The monoisotopic (exact) mass is 446 g/mol. The molecule has 27 heavy (non-hydrogen) atoms. The molecular formula is C24H40FeP2. The summed E-state index contributed by atoms with van der Waals surface area (Å²) in [6, 6.07) is 0. The summed E-state index contributed by atoms with van der Waals surface area (Å²) in [5.41, 5.74) is 3.34. The van der Waals surface area contributed by atoms with Crippen LogP contribution >= 0.6 is 15.8 Å². The first kappa shape index (κ1) is 28.4. The molecule has 0 spiro atoms. The fourth-order valence-corrected chi connectivity index (χ4v) is 8.49. The first-order valence-corrected chi connectivity index (χ1v) is 13.5. The quantitative estimate of drug-likeness (QED) is 0.270. The van der Waals surface area contributed by atoms with Crippen molar-refractivity contribution in [3.63, 3.8) is 0 Å². The van der Waals surface area contributed by atoms with Crippen molar-refractivity contribution in [1.82, 2.24) is 0 Å². The van der Waals surface area contributed by atoms with Gasteiger partial charge in [-0.2, -0.15) is 0 Å². The molecular weight excluding hydrogens is 406 g/mol. The van der Waals surface area contributed by atoms with Crippen LogP contribution in [0.5, 0.6) is 0 Å². The molecule has 0 heterocycles. The molecule has 0 aromatic heterocycles. The van der Waals surface area contributed by atoms with E-state index in [4.69, 9.17) is 0 Å². The van der Waals surface area contributed by atoms with E-state index in [0.717, 1.165) is 22.6 Å². The molecule has 154 valence electrons. The van der Waals surface area contributed by atoms with E-state index < -0.39 is 0 Å². The minimum atomic E-state index is 0. The SMILES string of the molecule is CC(C)P(C[C]1[CH][CH][C](CP(C(C)C)C(C)C)[CH]1)C(C)C.[CH]1[CH][CH][CH][CH]1.[Fe]. The molecule has 0 nitrogen and oxygen atoms in total. The Morgan fingerprint density at radius 1 is 0.556 bits per heavy atom. The largest absolute Gasteiger partial charge is 0.101 e. The van der Waals surface area contributed by atoms with Crippen molar-refractivity contribution in [3.8, 4) is 0 Å². The molecule has 0 unspecified atom stereocenters. The van der Waals surface area contributed by atoms with Crippen LogP contribution in [0.3, 0.4) is 0 Å². The summed E-state index contributed by atoms with van der Waals surface area (Å²) < 4.78 is 0. The minimum absolute atomic E-state index is 0. The molecule has 0 aromatic carbocycles. The average Bonchev–Trinajstić information content (AvgIpc) is 3.23. The Balaban J connectivity index is 0.000000969. The van der Waals surface area contributed by atoms with E-state index in [-0.39, 0.29) is 32.9 Å². The van der Waals surface area contributed by atoms with Crippen LogP contribution in [0.25, 0.3) is 0 Å². The van der Waals surface area contributed by atoms with E-state index in [1.807, 2.05) is 32.1 Å². The molecule has 2 saturated carbocycles. The second-order valence-corrected chi connectivity index (χ2v) is 15.1. The van der Waals surface area contributed by atoms with Crippen LogP contribution in [-0.4, -0.2) is 35.0 Å². The van der Waals surface area contributed by atoms with Gasteiger partial charge in [-0.25, -0.2) is 0 Å². The molecule has 0 N–H and O–H groups in total. The molecule has 2 aliphatic rings. The Morgan fingerprint density at radius 2 is 0.815 bits per heavy atom. The summed E-state index contributed by atoms with van der Waals surface area (Å²) in [6.07, 6.45) is 19.9. The predicted molar refractivity (Wildman–Crippen MR) is 125 cm³/mol. The van der Waals surface area contributed by atoms with Crippen molar-refractivity contribution in [3.05, 3.63) is 63.2 Å². The topological polar surface area (TPSA) is 0 Å². The Bertz CT molecular complexity index is 299. The van der Waals surface area contributed by atoms with Gasteiger partial charge in [-0.3, -0.25) is 0 Å². The van der Waals surface area contributed by atoms with E-state index in [9.17, 15) is 0 Å². The van der Waals surface area contributed by atoms with Crippen molar-refractivity contribution in [2.45, 2.75) is 78.0 Å². The minimum Gasteiger partial charge on any atom is -0.101 e. The van der Waals surface area contributed by atoms with E-state index in [1.165, 1.54) is 12.3 Å². The van der Waals surface area contributed by atoms with Crippen LogP contribution in [0.4, 0.5) is 0 Å². The van der Waals surface area contributed by atoms with Gasteiger partial charge in [0, 0.05) is 17.1 Å². The van der Waals surface area contributed by atoms with Gasteiger partial charge in [0.1, 0.15) is 0 Å². The van der Waals surface area contributed by atoms with Crippen LogP contribution < -0.4 is 0 Å². The van der Waals surface area contributed by atoms with Crippen LogP contribution in [0.1, 0.15) is 55.4 Å². The standard InChI is InChI=1S/C19H35P2.C5H5.Fe/c1-14(2)20(15(3)4)12-18-9-10-19(11-18)13-21(16(5)6)17(7)8;1-2-4-5-3-1;/h9-11,14-17H,12-13H2,1-8H3;1-5H;. The van der Waals surface area contributed by atoms with E-state index in [2.05, 4.69) is 74.7 Å². The number of hydrogen-bond donors (Lipinski definition) is 0. The van der Waals surface area contributed by atoms with Crippen LogP contribution in [0.15, 0.2) is 0 Å². The molecule has 2 rings (SSSR count). The summed E-state index contributed by atoms with van der Waals surface area (Å²) in [4.78, 5) is 0. The Labute approximate surface area is 186 Å². The van der Waals surface area contributed by atoms with Crippen molar-refractivity contribution in [2.75, 3.05) is 12.3 Å². The van der Waals surface area contributed by atoms with E-state index in [0.29, 0.717) is 0 Å². The molecule has 0 amide bonds. The summed E-state index contributed by atoms with van der Waals surface area (Å²) in [7, 11) is 0.237. The zero-order valence-electron chi connectivity index (χ0n) is 18.6. The van der Waals surface area contributed by atoms with Crippen molar-refractivity contribution in [2.24, 2.45) is 0 Å². The molecule has 0 saturated heterocycles. The van der Waals surface area contributed by atoms with Crippen molar-refractivity contribution in [1.29, 1.82) is 0 Å². The average molecular weight is 446 g/mol. The zero-order chi connectivity index (χ0) is 19.7. The first-order valence-electron chi connectivity index (χ1n) is 10.1. The Morgan fingerprint density at radius 3 is 1.04 bits per heavy atom. The normalized spacial score (nSPS) is 18.9. The van der Waals surface area contributed by atoms with Crippen molar-refractivity contribution < 1.29 is 17.1 Å². The molecule has 10 radical (unpaired) electrons. The van der Waals surface area contributed by atoms with Crippen LogP contribution in [0, 0.1) is 63.2 Å². The Kier molecular flexibility index (Phi) is 16.0. The van der Waals surface area contributed by atoms with Gasteiger partial charge in [-0.15, -0.1) is 15.8 Å². The van der Waals surface area contributed by atoms with Gasteiger partial charge in [0.25, 0.3) is 0 Å². The Hall–Kier alpha value is 1.38. The van der Waals surface area contributed by atoms with Gasteiger partial charge in [0.15, 0.2) is 0 Å². The van der Waals surface area contributed by atoms with Gasteiger partial charge in [0.2, 0.25) is 0 Å². The van der Waals surface area contributed by atoms with Gasteiger partial charge in [-0.05, 0) is 98.2 Å². The molecule has 0 aromatic rings. The second kappa shape index (κ2) is 15.2. The molecule has 3 heteroatoms. The zero-order valence-corrected chi connectivity index (χ0v) is 21.5. The maximum Gasteiger partial charge on any atom is 0 e. The molecule has 0 bridgehead atoms. The predicted octanol–water partition coefficient (Wildman–Crippen LogP) is 7.38. The maximum atomic E-state index is 2.50. The van der Waals surface area contributed by atoms with Crippen LogP contribution in [-0.2, 0) is 17.1 Å². The summed E-state index contributed by atoms with van der Waals surface area (Å²) in [5, 5.41) is 0. The smallest absolute Gasteiger partial charge is 0 e. The summed E-state index contributed by atoms with van der Waals surface area (Å²) in [5.74, 6) is 3.17. The molecule has 0 aliphatic heterocycles. The fourth-order valence-electron chi connectivity index (χ4n) is 3.41. The third-order valence-corrected chi connectivity index (χ3v) is 11.6. The van der Waals surface area contributed by atoms with E-state index >= 15 is 0 Å². The number of hydrogen-bond acceptors (Lipinski definition) is 0.